The summed E-state index contributed by atoms with van der Waals surface area (Å²) >= 11 is 3.25. The molecule has 0 aliphatic heterocycles. The molecule has 1 aliphatic carbocycles. The lowest BCUT2D eigenvalue weighted by atomic mass is 10.2. The number of hydrogen-bond acceptors (Lipinski definition) is 5. The molecule has 1 aromatic heterocycles. The molecule has 0 unspecified atom stereocenters. The third-order valence-electron chi connectivity index (χ3n) is 3.06. The zero-order valence-corrected chi connectivity index (χ0v) is 12.2. The first-order valence-electron chi connectivity index (χ1n) is 6.23. The fourth-order valence-electron chi connectivity index (χ4n) is 1.89. The smallest absolute Gasteiger partial charge is 0.233 e. The van der Waals surface area contributed by atoms with Crippen molar-refractivity contribution in [3.05, 3.63) is 22.5 Å². The standard InChI is InChI=1S/C13H12BrFN2O3/c1-2-19-10-4-6(3-8(14)11(10)18)12-16-13(20-17-12)7-5-9(7)15/h3-4,7,9,18H,2,5H2,1H3/t7-,9+/m0/s1. The highest BCUT2D eigenvalue weighted by Crippen LogP contribution is 2.43. The summed E-state index contributed by atoms with van der Waals surface area (Å²) < 4.78 is 23.8. The summed E-state index contributed by atoms with van der Waals surface area (Å²) in [6, 6.07) is 3.28. The number of alkyl halides is 1. The predicted octanol–water partition coefficient (Wildman–Crippen LogP) is 3.43. The van der Waals surface area contributed by atoms with Gasteiger partial charge in [-0.3, -0.25) is 0 Å². The normalized spacial score (nSPS) is 20.9. The monoisotopic (exact) mass is 342 g/mol. The Morgan fingerprint density at radius 1 is 1.55 bits per heavy atom. The molecule has 1 aromatic carbocycles. The Balaban J connectivity index is 1.95. The molecule has 0 saturated heterocycles. The van der Waals surface area contributed by atoms with Gasteiger partial charge in [-0.1, -0.05) is 5.16 Å². The molecule has 20 heavy (non-hydrogen) atoms. The van der Waals surface area contributed by atoms with E-state index in [4.69, 9.17) is 9.26 Å². The van der Waals surface area contributed by atoms with E-state index < -0.39 is 6.17 Å². The van der Waals surface area contributed by atoms with Gasteiger partial charge in [0, 0.05) is 5.56 Å². The average Bonchev–Trinajstić information content (AvgIpc) is 2.96. The van der Waals surface area contributed by atoms with Crippen LogP contribution >= 0.6 is 15.9 Å². The molecule has 0 amide bonds. The van der Waals surface area contributed by atoms with Crippen molar-refractivity contribution in [2.45, 2.75) is 25.4 Å². The summed E-state index contributed by atoms with van der Waals surface area (Å²) in [5.74, 6) is 0.738. The minimum absolute atomic E-state index is 0.0188. The Labute approximate surface area is 122 Å². The number of halogens is 2. The fraction of sp³-hybridized carbons (Fsp3) is 0.385. The highest BCUT2D eigenvalue weighted by molar-refractivity contribution is 9.10. The Bertz CT molecular complexity index is 647. The largest absolute Gasteiger partial charge is 0.503 e. The van der Waals surface area contributed by atoms with Crippen molar-refractivity contribution in [2.75, 3.05) is 6.61 Å². The number of ether oxygens (including phenoxy) is 1. The van der Waals surface area contributed by atoms with Crippen molar-refractivity contribution in [1.82, 2.24) is 10.1 Å². The van der Waals surface area contributed by atoms with Crippen molar-refractivity contribution >= 4 is 15.9 Å². The second-order valence-electron chi connectivity index (χ2n) is 4.55. The van der Waals surface area contributed by atoms with E-state index in [1.54, 1.807) is 12.1 Å². The Kier molecular flexibility index (Phi) is 3.37. The first-order chi connectivity index (χ1) is 9.60. The maximum Gasteiger partial charge on any atom is 0.233 e. The van der Waals surface area contributed by atoms with E-state index in [1.807, 2.05) is 6.92 Å². The number of phenolic OH excluding ortho intramolecular Hbond substituents is 1. The number of benzene rings is 1. The molecular weight excluding hydrogens is 331 g/mol. The molecule has 1 fully saturated rings. The molecule has 7 heteroatoms. The average molecular weight is 343 g/mol. The highest BCUT2D eigenvalue weighted by Gasteiger charge is 2.43. The van der Waals surface area contributed by atoms with Crippen LogP contribution in [0, 0.1) is 0 Å². The molecule has 1 heterocycles. The number of hydrogen-bond donors (Lipinski definition) is 1. The van der Waals surface area contributed by atoms with Crippen LogP contribution < -0.4 is 4.74 Å². The maximum absolute atomic E-state index is 13.0. The second-order valence-corrected chi connectivity index (χ2v) is 5.41. The summed E-state index contributed by atoms with van der Waals surface area (Å²) in [5, 5.41) is 13.7. The summed E-state index contributed by atoms with van der Waals surface area (Å²) in [6.45, 7) is 2.24. The Morgan fingerprint density at radius 2 is 2.30 bits per heavy atom. The van der Waals surface area contributed by atoms with Crippen LogP contribution in [0.3, 0.4) is 0 Å². The van der Waals surface area contributed by atoms with Gasteiger partial charge < -0.3 is 14.4 Å². The third-order valence-corrected chi connectivity index (χ3v) is 3.66. The van der Waals surface area contributed by atoms with Crippen molar-refractivity contribution < 1.29 is 18.8 Å². The van der Waals surface area contributed by atoms with Crippen molar-refractivity contribution in [3.8, 4) is 22.9 Å². The second kappa shape index (κ2) is 5.05. The van der Waals surface area contributed by atoms with Gasteiger partial charge in [0.1, 0.15) is 6.17 Å². The van der Waals surface area contributed by atoms with Crippen LogP contribution in [0.25, 0.3) is 11.4 Å². The van der Waals surface area contributed by atoms with E-state index in [-0.39, 0.29) is 11.7 Å². The van der Waals surface area contributed by atoms with E-state index >= 15 is 0 Å². The lowest BCUT2D eigenvalue weighted by Gasteiger charge is -2.08. The highest BCUT2D eigenvalue weighted by atomic mass is 79.9. The zero-order chi connectivity index (χ0) is 14.3. The van der Waals surface area contributed by atoms with Crippen molar-refractivity contribution in [3.63, 3.8) is 0 Å². The lowest BCUT2D eigenvalue weighted by molar-refractivity contribution is 0.317. The van der Waals surface area contributed by atoms with Crippen molar-refractivity contribution in [1.29, 1.82) is 0 Å². The minimum Gasteiger partial charge on any atom is -0.503 e. The van der Waals surface area contributed by atoms with Gasteiger partial charge in [0.15, 0.2) is 11.5 Å². The topological polar surface area (TPSA) is 68.4 Å². The summed E-state index contributed by atoms with van der Waals surface area (Å²) in [5.41, 5.74) is 0.629. The number of nitrogens with zero attached hydrogens (tertiary/aromatic N) is 2. The van der Waals surface area contributed by atoms with Crippen LogP contribution in [0.5, 0.6) is 11.5 Å². The molecule has 106 valence electrons. The number of aromatic nitrogens is 2. The third kappa shape index (κ3) is 2.37. The molecule has 2 atom stereocenters. The first kappa shape index (κ1) is 13.4. The van der Waals surface area contributed by atoms with E-state index in [0.717, 1.165) is 0 Å². The van der Waals surface area contributed by atoms with E-state index in [2.05, 4.69) is 26.1 Å². The quantitative estimate of drug-likeness (QED) is 0.921. The van der Waals surface area contributed by atoms with E-state index in [9.17, 15) is 9.50 Å². The molecular formula is C13H12BrFN2O3. The zero-order valence-electron chi connectivity index (χ0n) is 10.6. The lowest BCUT2D eigenvalue weighted by Crippen LogP contribution is -1.93. The molecule has 0 spiro atoms. The van der Waals surface area contributed by atoms with E-state index in [1.165, 1.54) is 0 Å². The van der Waals surface area contributed by atoms with Gasteiger partial charge in [-0.25, -0.2) is 4.39 Å². The number of rotatable bonds is 4. The van der Waals surface area contributed by atoms with Gasteiger partial charge >= 0.3 is 0 Å². The molecule has 5 nitrogen and oxygen atoms in total. The summed E-state index contributed by atoms with van der Waals surface area (Å²) in [4.78, 5) is 4.19. The SMILES string of the molecule is CCOc1cc(-c2noc([C@H]3C[C@H]3F)n2)cc(Br)c1O. The van der Waals surface area contributed by atoms with Crippen LogP contribution in [0.4, 0.5) is 4.39 Å². The van der Waals surface area contributed by atoms with Crippen LogP contribution in [0.2, 0.25) is 0 Å². The number of aromatic hydroxyl groups is 1. The molecule has 1 N–H and O–H groups in total. The molecule has 1 saturated carbocycles. The van der Waals surface area contributed by atoms with Gasteiger partial charge in [-0.15, -0.1) is 0 Å². The Hall–Kier alpha value is -1.63. The molecule has 2 aromatic rings. The minimum atomic E-state index is -0.881. The van der Waals surface area contributed by atoms with E-state index in [0.29, 0.717) is 40.5 Å². The first-order valence-corrected chi connectivity index (χ1v) is 7.02. The van der Waals surface area contributed by atoms with Crippen LogP contribution in [-0.4, -0.2) is 28.0 Å². The van der Waals surface area contributed by atoms with Crippen molar-refractivity contribution in [2.24, 2.45) is 0 Å². The van der Waals surface area contributed by atoms with Gasteiger partial charge in [-0.2, -0.15) is 4.98 Å². The predicted molar refractivity (Wildman–Crippen MR) is 72.5 cm³/mol. The van der Waals surface area contributed by atoms with Gasteiger partial charge in [0.05, 0.1) is 17.0 Å². The van der Waals surface area contributed by atoms with Gasteiger partial charge in [-0.05, 0) is 41.4 Å². The molecule has 3 rings (SSSR count). The maximum atomic E-state index is 13.0. The van der Waals surface area contributed by atoms with Gasteiger partial charge in [0.2, 0.25) is 11.7 Å². The van der Waals surface area contributed by atoms with Crippen LogP contribution in [0.15, 0.2) is 21.1 Å². The fourth-order valence-corrected chi connectivity index (χ4v) is 2.33. The van der Waals surface area contributed by atoms with Crippen LogP contribution in [0.1, 0.15) is 25.2 Å². The molecule has 0 bridgehead atoms. The molecule has 0 radical (unpaired) electrons. The Morgan fingerprint density at radius 3 is 2.95 bits per heavy atom. The van der Waals surface area contributed by atoms with Crippen LogP contribution in [-0.2, 0) is 0 Å². The summed E-state index contributed by atoms with van der Waals surface area (Å²) in [7, 11) is 0. The summed E-state index contributed by atoms with van der Waals surface area (Å²) in [6.07, 6.45) is -0.445. The molecule has 1 aliphatic rings. The number of phenols is 1. The van der Waals surface area contributed by atoms with Gasteiger partial charge in [0.25, 0.3) is 0 Å².